The van der Waals surface area contributed by atoms with Crippen molar-refractivity contribution in [2.24, 2.45) is 0 Å². The minimum atomic E-state index is -1.04. The summed E-state index contributed by atoms with van der Waals surface area (Å²) in [7, 11) is 0. The molecule has 1 aromatic carbocycles. The largest absolute Gasteiger partial charge is 0.481 e. The van der Waals surface area contributed by atoms with Crippen LogP contribution in [0, 0.1) is 11.6 Å². The zero-order chi connectivity index (χ0) is 13.1. The molecule has 0 unspecified atom stereocenters. The normalized spacial score (nSPS) is 10.3. The Hall–Kier alpha value is -2.30. The third-order valence-corrected chi connectivity index (χ3v) is 2.35. The minimum absolute atomic E-state index is 0.0220. The molecular formula is C13H9F2NO2. The molecule has 1 heterocycles. The average Bonchev–Trinajstić information content (AvgIpc) is 2.32. The van der Waals surface area contributed by atoms with E-state index in [4.69, 9.17) is 5.11 Å². The molecule has 0 aliphatic rings. The van der Waals surface area contributed by atoms with E-state index >= 15 is 0 Å². The van der Waals surface area contributed by atoms with Gasteiger partial charge in [0.1, 0.15) is 17.3 Å². The number of aliphatic carboxylic acids is 1. The molecule has 92 valence electrons. The van der Waals surface area contributed by atoms with Crippen molar-refractivity contribution in [2.75, 3.05) is 0 Å². The van der Waals surface area contributed by atoms with Gasteiger partial charge in [-0.3, -0.25) is 4.79 Å². The van der Waals surface area contributed by atoms with E-state index in [0.717, 1.165) is 6.07 Å². The molecule has 0 amide bonds. The SMILES string of the molecule is O=C(O)Cc1ccc(F)c(-c2ccc(F)cc2)n1. The Labute approximate surface area is 102 Å². The number of benzene rings is 1. The van der Waals surface area contributed by atoms with Crippen molar-refractivity contribution < 1.29 is 18.7 Å². The number of nitrogens with zero attached hydrogens (tertiary/aromatic N) is 1. The third kappa shape index (κ3) is 2.68. The van der Waals surface area contributed by atoms with Gasteiger partial charge in [0.15, 0.2) is 0 Å². The Bertz CT molecular complexity index is 582. The number of aromatic nitrogens is 1. The second kappa shape index (κ2) is 4.91. The monoisotopic (exact) mass is 249 g/mol. The Kier molecular flexibility index (Phi) is 3.32. The predicted octanol–water partition coefficient (Wildman–Crippen LogP) is 2.65. The van der Waals surface area contributed by atoms with Crippen LogP contribution in [0.15, 0.2) is 36.4 Å². The average molecular weight is 249 g/mol. The van der Waals surface area contributed by atoms with Crippen LogP contribution in [0.4, 0.5) is 8.78 Å². The summed E-state index contributed by atoms with van der Waals surface area (Å²) in [4.78, 5) is 14.5. The van der Waals surface area contributed by atoms with Gasteiger partial charge in [-0.15, -0.1) is 0 Å². The fourth-order valence-corrected chi connectivity index (χ4v) is 1.55. The first-order valence-corrected chi connectivity index (χ1v) is 5.19. The lowest BCUT2D eigenvalue weighted by molar-refractivity contribution is -0.136. The maximum atomic E-state index is 13.6. The topological polar surface area (TPSA) is 50.2 Å². The van der Waals surface area contributed by atoms with Crippen molar-refractivity contribution in [1.82, 2.24) is 4.98 Å². The van der Waals surface area contributed by atoms with E-state index in [1.165, 1.54) is 30.3 Å². The van der Waals surface area contributed by atoms with Gasteiger partial charge in [-0.25, -0.2) is 13.8 Å². The summed E-state index contributed by atoms with van der Waals surface area (Å²) in [5.74, 6) is -2.05. The highest BCUT2D eigenvalue weighted by Gasteiger charge is 2.10. The van der Waals surface area contributed by atoms with Crippen molar-refractivity contribution in [3.63, 3.8) is 0 Å². The Morgan fingerprint density at radius 2 is 1.78 bits per heavy atom. The van der Waals surface area contributed by atoms with E-state index in [2.05, 4.69) is 4.98 Å². The highest BCUT2D eigenvalue weighted by molar-refractivity contribution is 5.70. The molecule has 0 saturated carbocycles. The molecule has 0 aliphatic carbocycles. The molecule has 3 nitrogen and oxygen atoms in total. The number of hydrogen-bond acceptors (Lipinski definition) is 2. The van der Waals surface area contributed by atoms with Gasteiger partial charge in [0, 0.05) is 5.56 Å². The van der Waals surface area contributed by atoms with E-state index < -0.39 is 17.6 Å². The summed E-state index contributed by atoms with van der Waals surface area (Å²) in [6.45, 7) is 0. The molecule has 1 aromatic heterocycles. The van der Waals surface area contributed by atoms with Gasteiger partial charge in [-0.2, -0.15) is 0 Å². The number of pyridine rings is 1. The second-order valence-electron chi connectivity index (χ2n) is 3.71. The first kappa shape index (κ1) is 12.2. The molecule has 0 fully saturated rings. The molecule has 0 spiro atoms. The summed E-state index contributed by atoms with van der Waals surface area (Å²) in [6, 6.07) is 7.65. The van der Waals surface area contributed by atoms with Crippen LogP contribution in [0.25, 0.3) is 11.3 Å². The van der Waals surface area contributed by atoms with Crippen LogP contribution in [0.5, 0.6) is 0 Å². The lowest BCUT2D eigenvalue weighted by atomic mass is 10.1. The summed E-state index contributed by atoms with van der Waals surface area (Å²) < 4.78 is 26.4. The van der Waals surface area contributed by atoms with Gasteiger partial charge in [-0.05, 0) is 36.4 Å². The maximum absolute atomic E-state index is 13.6. The Morgan fingerprint density at radius 1 is 1.11 bits per heavy atom. The number of carboxylic acids is 1. The van der Waals surface area contributed by atoms with E-state index in [1.54, 1.807) is 0 Å². The fourth-order valence-electron chi connectivity index (χ4n) is 1.55. The van der Waals surface area contributed by atoms with Crippen molar-refractivity contribution in [3.8, 4) is 11.3 Å². The number of carbonyl (C=O) groups is 1. The predicted molar refractivity (Wildman–Crippen MR) is 60.9 cm³/mol. The van der Waals surface area contributed by atoms with E-state index in [1.807, 2.05) is 0 Å². The van der Waals surface area contributed by atoms with E-state index in [-0.39, 0.29) is 17.8 Å². The maximum Gasteiger partial charge on any atom is 0.309 e. The van der Waals surface area contributed by atoms with Crippen LogP contribution in [-0.4, -0.2) is 16.1 Å². The summed E-state index contributed by atoms with van der Waals surface area (Å²) in [6.07, 6.45) is -0.283. The van der Waals surface area contributed by atoms with Crippen LogP contribution in [0.3, 0.4) is 0 Å². The smallest absolute Gasteiger partial charge is 0.309 e. The highest BCUT2D eigenvalue weighted by atomic mass is 19.1. The quantitative estimate of drug-likeness (QED) is 0.909. The fraction of sp³-hybridized carbons (Fsp3) is 0.0769. The molecule has 1 N–H and O–H groups in total. The van der Waals surface area contributed by atoms with Crippen LogP contribution in [0.1, 0.15) is 5.69 Å². The van der Waals surface area contributed by atoms with Crippen LogP contribution in [-0.2, 0) is 11.2 Å². The zero-order valence-corrected chi connectivity index (χ0v) is 9.23. The lowest BCUT2D eigenvalue weighted by Crippen LogP contribution is -2.03. The molecular weight excluding hydrogens is 240 g/mol. The van der Waals surface area contributed by atoms with Crippen molar-refractivity contribution in [2.45, 2.75) is 6.42 Å². The Morgan fingerprint density at radius 3 is 2.39 bits per heavy atom. The molecule has 5 heteroatoms. The number of rotatable bonds is 3. The van der Waals surface area contributed by atoms with E-state index in [0.29, 0.717) is 5.56 Å². The van der Waals surface area contributed by atoms with E-state index in [9.17, 15) is 13.6 Å². The molecule has 2 rings (SSSR count). The van der Waals surface area contributed by atoms with Gasteiger partial charge < -0.3 is 5.11 Å². The summed E-state index contributed by atoms with van der Waals surface area (Å²) >= 11 is 0. The Balaban J connectivity index is 2.42. The molecule has 2 aromatic rings. The lowest BCUT2D eigenvalue weighted by Gasteiger charge is -2.05. The van der Waals surface area contributed by atoms with Crippen LogP contribution in [0.2, 0.25) is 0 Å². The first-order chi connectivity index (χ1) is 8.56. The first-order valence-electron chi connectivity index (χ1n) is 5.19. The minimum Gasteiger partial charge on any atom is -0.481 e. The van der Waals surface area contributed by atoms with Gasteiger partial charge in [0.05, 0.1) is 12.1 Å². The van der Waals surface area contributed by atoms with Crippen molar-refractivity contribution in [1.29, 1.82) is 0 Å². The van der Waals surface area contributed by atoms with Crippen LogP contribution < -0.4 is 0 Å². The summed E-state index contributed by atoms with van der Waals surface area (Å²) in [5.41, 5.74) is 0.679. The van der Waals surface area contributed by atoms with Gasteiger partial charge >= 0.3 is 5.97 Å². The third-order valence-electron chi connectivity index (χ3n) is 2.35. The molecule has 0 saturated heterocycles. The van der Waals surface area contributed by atoms with Gasteiger partial charge in [0.25, 0.3) is 0 Å². The highest BCUT2D eigenvalue weighted by Crippen LogP contribution is 2.21. The van der Waals surface area contributed by atoms with Crippen LogP contribution >= 0.6 is 0 Å². The zero-order valence-electron chi connectivity index (χ0n) is 9.23. The van der Waals surface area contributed by atoms with Crippen molar-refractivity contribution in [3.05, 3.63) is 53.7 Å². The van der Waals surface area contributed by atoms with Gasteiger partial charge in [-0.1, -0.05) is 0 Å². The second-order valence-corrected chi connectivity index (χ2v) is 3.71. The molecule has 0 radical (unpaired) electrons. The summed E-state index contributed by atoms with van der Waals surface area (Å²) in [5, 5.41) is 8.65. The standard InChI is InChI=1S/C13H9F2NO2/c14-9-3-1-8(2-4-9)13-11(15)6-5-10(16-13)7-12(17)18/h1-6H,7H2,(H,17,18). The number of carboxylic acid groups (broad SMARTS) is 1. The molecule has 18 heavy (non-hydrogen) atoms. The number of hydrogen-bond donors (Lipinski definition) is 1. The molecule has 0 atom stereocenters. The molecule has 0 aliphatic heterocycles. The number of halogens is 2. The molecule has 0 bridgehead atoms. The van der Waals surface area contributed by atoms with Crippen molar-refractivity contribution >= 4 is 5.97 Å². The van der Waals surface area contributed by atoms with Gasteiger partial charge in [0.2, 0.25) is 0 Å².